The number of rotatable bonds is 0. The maximum atomic E-state index is 3.47. The van der Waals surface area contributed by atoms with Crippen molar-refractivity contribution in [3.63, 3.8) is 0 Å². The summed E-state index contributed by atoms with van der Waals surface area (Å²) in [6.07, 6.45) is 0. The quantitative estimate of drug-likeness (QED) is 0.638. The standard InChI is InChI=1S/C9H7BrS/c1-6-4-8(10)5-7-2-3-11-9(6)7/h2-5H,1H3. The van der Waals surface area contributed by atoms with Gasteiger partial charge in [-0.15, -0.1) is 11.3 Å². The molecule has 0 atom stereocenters. The van der Waals surface area contributed by atoms with Crippen molar-refractivity contribution in [2.75, 3.05) is 0 Å². The normalized spacial score (nSPS) is 10.7. The summed E-state index contributed by atoms with van der Waals surface area (Å²) in [4.78, 5) is 0. The van der Waals surface area contributed by atoms with Gasteiger partial charge in [-0.1, -0.05) is 15.9 Å². The minimum atomic E-state index is 1.17. The molecule has 0 bridgehead atoms. The summed E-state index contributed by atoms with van der Waals surface area (Å²) in [6, 6.07) is 6.45. The van der Waals surface area contributed by atoms with E-state index < -0.39 is 0 Å². The summed E-state index contributed by atoms with van der Waals surface area (Å²) in [5, 5.41) is 3.46. The predicted octanol–water partition coefficient (Wildman–Crippen LogP) is 3.97. The molecule has 0 unspecified atom stereocenters. The first-order chi connectivity index (χ1) is 5.27. The average Bonchev–Trinajstić information content (AvgIpc) is 2.34. The van der Waals surface area contributed by atoms with Crippen molar-refractivity contribution in [1.29, 1.82) is 0 Å². The first-order valence-corrected chi connectivity index (χ1v) is 5.08. The van der Waals surface area contributed by atoms with Crippen LogP contribution in [0.4, 0.5) is 0 Å². The molecule has 2 aromatic rings. The molecule has 2 heteroatoms. The van der Waals surface area contributed by atoms with E-state index in [-0.39, 0.29) is 0 Å². The smallest absolute Gasteiger partial charge is 0.0372 e. The number of halogens is 1. The van der Waals surface area contributed by atoms with Crippen LogP contribution in [-0.2, 0) is 0 Å². The lowest BCUT2D eigenvalue weighted by Crippen LogP contribution is -1.71. The second kappa shape index (κ2) is 2.61. The fourth-order valence-corrected chi connectivity index (χ4v) is 2.66. The Morgan fingerprint density at radius 3 is 3.00 bits per heavy atom. The number of thiophene rings is 1. The van der Waals surface area contributed by atoms with Gasteiger partial charge in [0.2, 0.25) is 0 Å². The van der Waals surface area contributed by atoms with E-state index in [1.807, 2.05) is 0 Å². The highest BCUT2D eigenvalue weighted by molar-refractivity contribution is 9.10. The Hall–Kier alpha value is -0.340. The molecule has 1 aromatic carbocycles. The molecule has 0 aliphatic rings. The van der Waals surface area contributed by atoms with Crippen LogP contribution in [0, 0.1) is 6.92 Å². The largest absolute Gasteiger partial charge is 0.144 e. The van der Waals surface area contributed by atoms with Gasteiger partial charge in [-0.25, -0.2) is 0 Å². The highest BCUT2D eigenvalue weighted by Crippen LogP contribution is 2.27. The van der Waals surface area contributed by atoms with Crippen LogP contribution in [0.15, 0.2) is 28.1 Å². The Labute approximate surface area is 78.0 Å². The molecule has 0 radical (unpaired) electrons. The third kappa shape index (κ3) is 1.21. The summed E-state index contributed by atoms with van der Waals surface area (Å²) in [5.74, 6) is 0. The van der Waals surface area contributed by atoms with Gasteiger partial charge in [-0.05, 0) is 41.5 Å². The molecule has 0 spiro atoms. The highest BCUT2D eigenvalue weighted by atomic mass is 79.9. The SMILES string of the molecule is Cc1cc(Br)cc2ccsc12. The molecule has 0 N–H and O–H groups in total. The summed E-state index contributed by atoms with van der Waals surface area (Å²) in [6.45, 7) is 2.14. The maximum Gasteiger partial charge on any atom is 0.0372 e. The van der Waals surface area contributed by atoms with Gasteiger partial charge in [0.25, 0.3) is 0 Å². The van der Waals surface area contributed by atoms with E-state index in [9.17, 15) is 0 Å². The highest BCUT2D eigenvalue weighted by Gasteiger charge is 1.98. The van der Waals surface area contributed by atoms with Crippen LogP contribution in [0.25, 0.3) is 10.1 Å². The Morgan fingerprint density at radius 2 is 2.18 bits per heavy atom. The maximum absolute atomic E-state index is 3.47. The lowest BCUT2D eigenvalue weighted by Gasteiger charge is -1.95. The molecule has 0 saturated heterocycles. The van der Waals surface area contributed by atoms with Crippen LogP contribution in [0.2, 0.25) is 0 Å². The minimum absolute atomic E-state index is 1.17. The Balaban J connectivity index is 2.91. The van der Waals surface area contributed by atoms with E-state index in [4.69, 9.17) is 0 Å². The van der Waals surface area contributed by atoms with Gasteiger partial charge in [0, 0.05) is 9.17 Å². The van der Waals surface area contributed by atoms with Crippen molar-refractivity contribution < 1.29 is 0 Å². The van der Waals surface area contributed by atoms with Gasteiger partial charge < -0.3 is 0 Å². The Kier molecular flexibility index (Phi) is 1.74. The van der Waals surface area contributed by atoms with Crippen LogP contribution in [0.1, 0.15) is 5.56 Å². The molecule has 11 heavy (non-hydrogen) atoms. The van der Waals surface area contributed by atoms with E-state index in [2.05, 4.69) is 46.4 Å². The van der Waals surface area contributed by atoms with E-state index in [1.165, 1.54) is 20.1 Å². The summed E-state index contributed by atoms with van der Waals surface area (Å²) >= 11 is 5.27. The number of fused-ring (bicyclic) bond motifs is 1. The summed E-state index contributed by atoms with van der Waals surface area (Å²) in [7, 11) is 0. The Morgan fingerprint density at radius 1 is 1.36 bits per heavy atom. The van der Waals surface area contributed by atoms with Gasteiger partial charge >= 0.3 is 0 Å². The third-order valence-electron chi connectivity index (χ3n) is 1.70. The van der Waals surface area contributed by atoms with E-state index in [0.29, 0.717) is 0 Å². The third-order valence-corrected chi connectivity index (χ3v) is 3.23. The fraction of sp³-hybridized carbons (Fsp3) is 0.111. The van der Waals surface area contributed by atoms with Gasteiger partial charge in [-0.3, -0.25) is 0 Å². The zero-order chi connectivity index (χ0) is 7.84. The van der Waals surface area contributed by atoms with Crippen LogP contribution in [0.3, 0.4) is 0 Å². The van der Waals surface area contributed by atoms with E-state index in [1.54, 1.807) is 11.3 Å². The monoisotopic (exact) mass is 226 g/mol. The molecule has 1 aromatic heterocycles. The van der Waals surface area contributed by atoms with Gasteiger partial charge in [0.1, 0.15) is 0 Å². The molecule has 0 fully saturated rings. The topological polar surface area (TPSA) is 0 Å². The van der Waals surface area contributed by atoms with Crippen molar-refractivity contribution in [3.8, 4) is 0 Å². The van der Waals surface area contributed by atoms with Gasteiger partial charge in [0.15, 0.2) is 0 Å². The lowest BCUT2D eigenvalue weighted by molar-refractivity contribution is 1.54. The molecule has 0 aliphatic heterocycles. The van der Waals surface area contributed by atoms with Crippen LogP contribution in [0.5, 0.6) is 0 Å². The van der Waals surface area contributed by atoms with Gasteiger partial charge in [0.05, 0.1) is 0 Å². The van der Waals surface area contributed by atoms with Gasteiger partial charge in [-0.2, -0.15) is 0 Å². The van der Waals surface area contributed by atoms with E-state index >= 15 is 0 Å². The molecule has 0 nitrogen and oxygen atoms in total. The lowest BCUT2D eigenvalue weighted by atomic mass is 10.2. The van der Waals surface area contributed by atoms with Crippen LogP contribution >= 0.6 is 27.3 Å². The zero-order valence-electron chi connectivity index (χ0n) is 6.10. The van der Waals surface area contributed by atoms with E-state index in [0.717, 1.165) is 0 Å². The molecule has 0 aliphatic carbocycles. The van der Waals surface area contributed by atoms with Crippen molar-refractivity contribution in [3.05, 3.63) is 33.6 Å². The summed E-state index contributed by atoms with van der Waals surface area (Å²) < 4.78 is 2.56. The predicted molar refractivity (Wildman–Crippen MR) is 54.3 cm³/mol. The molecular weight excluding hydrogens is 220 g/mol. The molecule has 1 heterocycles. The summed E-state index contributed by atoms with van der Waals surface area (Å²) in [5.41, 5.74) is 1.35. The first-order valence-electron chi connectivity index (χ1n) is 3.41. The number of benzene rings is 1. The zero-order valence-corrected chi connectivity index (χ0v) is 8.50. The number of hydrogen-bond acceptors (Lipinski definition) is 1. The van der Waals surface area contributed by atoms with Crippen molar-refractivity contribution in [2.45, 2.75) is 6.92 Å². The molecule has 2 rings (SSSR count). The van der Waals surface area contributed by atoms with Crippen molar-refractivity contribution in [1.82, 2.24) is 0 Å². The molecule has 0 saturated carbocycles. The van der Waals surface area contributed by atoms with Crippen LogP contribution < -0.4 is 0 Å². The Bertz CT molecular complexity index is 389. The minimum Gasteiger partial charge on any atom is -0.144 e. The van der Waals surface area contributed by atoms with Crippen LogP contribution in [-0.4, -0.2) is 0 Å². The van der Waals surface area contributed by atoms with Crippen molar-refractivity contribution >= 4 is 37.4 Å². The molecule has 56 valence electrons. The number of aryl methyl sites for hydroxylation is 1. The molecule has 0 amide bonds. The molecular formula is C9H7BrS. The van der Waals surface area contributed by atoms with Crippen molar-refractivity contribution in [2.24, 2.45) is 0 Å². The second-order valence-corrected chi connectivity index (χ2v) is 4.39. The second-order valence-electron chi connectivity index (χ2n) is 2.56. The fourth-order valence-electron chi connectivity index (χ4n) is 1.22. The number of hydrogen-bond donors (Lipinski definition) is 0. The average molecular weight is 227 g/mol. The first kappa shape index (κ1) is 7.32.